The minimum Gasteiger partial charge on any atom is -0.363 e. The number of benzene rings is 2. The fourth-order valence-corrected chi connectivity index (χ4v) is 2.95. The summed E-state index contributed by atoms with van der Waals surface area (Å²) < 4.78 is 1.64. The van der Waals surface area contributed by atoms with Crippen LogP contribution in [0.3, 0.4) is 0 Å². The Hall–Kier alpha value is -3.74. The highest BCUT2D eigenvalue weighted by Gasteiger charge is 2.28. The maximum absolute atomic E-state index is 13.0. The van der Waals surface area contributed by atoms with Gasteiger partial charge in [0.25, 0.3) is 11.8 Å². The highest BCUT2D eigenvalue weighted by atomic mass is 16.2. The molecular weight excluding hydrogens is 356 g/mol. The molecule has 3 N–H and O–H groups in total. The lowest BCUT2D eigenvalue weighted by Crippen LogP contribution is -2.47. The van der Waals surface area contributed by atoms with Crippen LogP contribution in [0.1, 0.15) is 21.7 Å². The number of rotatable bonds is 7. The molecule has 1 heterocycles. The molecule has 0 saturated heterocycles. The fraction of sp³-hybridized carbons (Fsp3) is 0.143. The van der Waals surface area contributed by atoms with E-state index in [1.54, 1.807) is 17.8 Å². The number of para-hydroxylation sites is 1. The highest BCUT2D eigenvalue weighted by Crippen LogP contribution is 2.15. The molecule has 7 nitrogen and oxygen atoms in total. The van der Waals surface area contributed by atoms with Crippen LogP contribution in [0.5, 0.6) is 0 Å². The number of amides is 2. The van der Waals surface area contributed by atoms with E-state index < -0.39 is 23.6 Å². The zero-order valence-corrected chi connectivity index (χ0v) is 15.3. The average molecular weight is 376 g/mol. The maximum Gasteiger partial charge on any atom is 0.287 e. The molecule has 0 bridgehead atoms. The third-order valence-corrected chi connectivity index (χ3v) is 4.35. The Labute approximate surface area is 162 Å². The van der Waals surface area contributed by atoms with Crippen molar-refractivity contribution in [2.45, 2.75) is 19.4 Å². The Morgan fingerprint density at radius 2 is 1.64 bits per heavy atom. The topological polar surface area (TPSA) is 107 Å². The molecule has 2 aromatic carbocycles. The monoisotopic (exact) mass is 376 g/mol. The van der Waals surface area contributed by atoms with Gasteiger partial charge in [0.05, 0.1) is 5.69 Å². The minimum absolute atomic E-state index is 0.160. The Balaban J connectivity index is 1.89. The molecule has 0 spiro atoms. The van der Waals surface area contributed by atoms with Gasteiger partial charge in [-0.25, -0.2) is 4.98 Å². The van der Waals surface area contributed by atoms with Crippen LogP contribution in [0.15, 0.2) is 67.0 Å². The molecule has 3 rings (SSSR count). The number of hydrogen-bond donors (Lipinski definition) is 2. The Morgan fingerprint density at radius 1 is 1.04 bits per heavy atom. The number of imidazole rings is 1. The van der Waals surface area contributed by atoms with E-state index in [4.69, 9.17) is 5.73 Å². The number of aryl methyl sites for hydroxylation is 1. The number of primary amides is 1. The van der Waals surface area contributed by atoms with Crippen LogP contribution in [0.25, 0.3) is 5.69 Å². The molecule has 7 heteroatoms. The van der Waals surface area contributed by atoms with Gasteiger partial charge in [-0.05, 0) is 24.6 Å². The number of nitrogens with one attached hydrogen (secondary N) is 1. The molecule has 0 saturated carbocycles. The van der Waals surface area contributed by atoms with Gasteiger partial charge in [0.15, 0.2) is 0 Å². The molecule has 3 aromatic rings. The van der Waals surface area contributed by atoms with Crippen molar-refractivity contribution in [2.24, 2.45) is 5.73 Å². The molecule has 2 amide bonds. The predicted molar refractivity (Wildman–Crippen MR) is 104 cm³/mol. The van der Waals surface area contributed by atoms with Gasteiger partial charge in [0.2, 0.25) is 5.78 Å². The highest BCUT2D eigenvalue weighted by molar-refractivity contribution is 6.38. The van der Waals surface area contributed by atoms with Gasteiger partial charge < -0.3 is 11.1 Å². The standard InChI is InChI=1S/C21H20N4O3/c1-14-18(25(13-23-14)16-10-6-3-7-11-16)21(28)24-17(19(26)20(22)27)12-15-8-4-2-5-9-15/h2-11,13,17H,12H2,1H3,(H2,22,27)(H,24,28). The summed E-state index contributed by atoms with van der Waals surface area (Å²) in [5, 5.41) is 2.65. The van der Waals surface area contributed by atoms with Crippen molar-refractivity contribution in [1.29, 1.82) is 0 Å². The van der Waals surface area contributed by atoms with E-state index in [1.165, 1.54) is 0 Å². The molecule has 0 aliphatic carbocycles. The van der Waals surface area contributed by atoms with Crippen molar-refractivity contribution < 1.29 is 14.4 Å². The second-order valence-electron chi connectivity index (χ2n) is 6.33. The van der Waals surface area contributed by atoms with Gasteiger partial charge in [0, 0.05) is 12.1 Å². The molecule has 142 valence electrons. The number of hydrogen-bond acceptors (Lipinski definition) is 4. The molecule has 0 aliphatic rings. The minimum atomic E-state index is -1.09. The van der Waals surface area contributed by atoms with Crippen molar-refractivity contribution in [3.05, 3.63) is 83.9 Å². The van der Waals surface area contributed by atoms with Gasteiger partial charge in [0.1, 0.15) is 18.1 Å². The number of ketones is 1. The number of nitrogens with two attached hydrogens (primary N) is 1. The lowest BCUT2D eigenvalue weighted by atomic mass is 10.0. The third-order valence-electron chi connectivity index (χ3n) is 4.35. The van der Waals surface area contributed by atoms with E-state index in [2.05, 4.69) is 10.3 Å². The largest absolute Gasteiger partial charge is 0.363 e. The fourth-order valence-electron chi connectivity index (χ4n) is 2.95. The SMILES string of the molecule is Cc1ncn(-c2ccccc2)c1C(=O)NC(Cc1ccccc1)C(=O)C(N)=O. The summed E-state index contributed by atoms with van der Waals surface area (Å²) in [6.45, 7) is 1.70. The first-order chi connectivity index (χ1) is 13.5. The van der Waals surface area contributed by atoms with E-state index in [0.29, 0.717) is 11.4 Å². The first-order valence-corrected chi connectivity index (χ1v) is 8.75. The molecule has 0 radical (unpaired) electrons. The van der Waals surface area contributed by atoms with Crippen molar-refractivity contribution in [2.75, 3.05) is 0 Å². The zero-order valence-electron chi connectivity index (χ0n) is 15.3. The lowest BCUT2D eigenvalue weighted by molar-refractivity contribution is -0.137. The van der Waals surface area contributed by atoms with E-state index in [1.807, 2.05) is 60.7 Å². The summed E-state index contributed by atoms with van der Waals surface area (Å²) >= 11 is 0. The van der Waals surface area contributed by atoms with Crippen LogP contribution < -0.4 is 11.1 Å². The summed E-state index contributed by atoms with van der Waals surface area (Å²) in [4.78, 5) is 40.9. The summed E-state index contributed by atoms with van der Waals surface area (Å²) in [7, 11) is 0. The second kappa shape index (κ2) is 8.30. The van der Waals surface area contributed by atoms with Crippen LogP contribution in [0.4, 0.5) is 0 Å². The number of nitrogens with zero attached hydrogens (tertiary/aromatic N) is 2. The first kappa shape index (κ1) is 19.0. The molecule has 28 heavy (non-hydrogen) atoms. The van der Waals surface area contributed by atoms with Gasteiger partial charge in [-0.3, -0.25) is 19.0 Å². The number of carbonyl (C=O) groups is 3. The molecule has 1 atom stereocenters. The van der Waals surface area contributed by atoms with Crippen molar-refractivity contribution in [3.63, 3.8) is 0 Å². The normalized spacial score (nSPS) is 11.6. The van der Waals surface area contributed by atoms with Crippen LogP contribution >= 0.6 is 0 Å². The molecule has 1 unspecified atom stereocenters. The first-order valence-electron chi connectivity index (χ1n) is 8.75. The molecular formula is C21H20N4O3. The predicted octanol–water partition coefficient (Wildman–Crippen LogP) is 1.58. The molecule has 1 aromatic heterocycles. The smallest absolute Gasteiger partial charge is 0.287 e. The summed E-state index contributed by atoms with van der Waals surface area (Å²) in [5.74, 6) is -2.44. The average Bonchev–Trinajstić information content (AvgIpc) is 3.10. The Kier molecular flexibility index (Phi) is 5.64. The third kappa shape index (κ3) is 4.15. The Bertz CT molecular complexity index is 997. The zero-order chi connectivity index (χ0) is 20.1. The van der Waals surface area contributed by atoms with Crippen molar-refractivity contribution in [3.8, 4) is 5.69 Å². The van der Waals surface area contributed by atoms with Gasteiger partial charge in [-0.1, -0.05) is 48.5 Å². The van der Waals surface area contributed by atoms with Crippen LogP contribution in [0.2, 0.25) is 0 Å². The van der Waals surface area contributed by atoms with Gasteiger partial charge in [-0.15, -0.1) is 0 Å². The number of carbonyl (C=O) groups excluding carboxylic acids is 3. The van der Waals surface area contributed by atoms with Crippen LogP contribution in [0, 0.1) is 6.92 Å². The van der Waals surface area contributed by atoms with Gasteiger partial charge >= 0.3 is 0 Å². The van der Waals surface area contributed by atoms with E-state index in [9.17, 15) is 14.4 Å². The summed E-state index contributed by atoms with van der Waals surface area (Å²) in [6, 6.07) is 17.3. The summed E-state index contributed by atoms with van der Waals surface area (Å²) in [6.07, 6.45) is 1.70. The van der Waals surface area contributed by atoms with E-state index in [-0.39, 0.29) is 6.42 Å². The van der Waals surface area contributed by atoms with Crippen molar-refractivity contribution in [1.82, 2.24) is 14.9 Å². The van der Waals surface area contributed by atoms with E-state index >= 15 is 0 Å². The second-order valence-corrected chi connectivity index (χ2v) is 6.33. The van der Waals surface area contributed by atoms with Crippen molar-refractivity contribution >= 4 is 17.6 Å². The maximum atomic E-state index is 13.0. The molecule has 0 aliphatic heterocycles. The van der Waals surface area contributed by atoms with Crippen LogP contribution in [-0.4, -0.2) is 33.2 Å². The van der Waals surface area contributed by atoms with Gasteiger partial charge in [-0.2, -0.15) is 0 Å². The lowest BCUT2D eigenvalue weighted by Gasteiger charge is -2.17. The number of aromatic nitrogens is 2. The Morgan fingerprint density at radius 3 is 2.25 bits per heavy atom. The molecule has 0 fully saturated rings. The van der Waals surface area contributed by atoms with Crippen LogP contribution in [-0.2, 0) is 16.0 Å². The van der Waals surface area contributed by atoms with E-state index in [0.717, 1.165) is 11.3 Å². The summed E-state index contributed by atoms with van der Waals surface area (Å²) in [5.41, 5.74) is 7.54. The number of Topliss-reactive ketones (excluding diaryl/α,β-unsaturated/α-hetero) is 1. The quantitative estimate of drug-likeness (QED) is 0.610.